The van der Waals surface area contributed by atoms with E-state index in [0.717, 1.165) is 38.2 Å². The molecule has 5 rings (SSSR count). The van der Waals surface area contributed by atoms with Gasteiger partial charge in [-0.15, -0.1) is 0 Å². The minimum Gasteiger partial charge on any atom is -0.493 e. The number of ether oxygens (including phenoxy) is 3. The number of methoxy groups -OCH3 is 3. The van der Waals surface area contributed by atoms with Crippen LogP contribution in [-0.4, -0.2) is 27.1 Å². The van der Waals surface area contributed by atoms with E-state index in [0.29, 0.717) is 30.1 Å². The van der Waals surface area contributed by atoms with Gasteiger partial charge in [0.15, 0.2) is 17.3 Å². The Kier molecular flexibility index (Phi) is 6.43. The quantitative estimate of drug-likeness (QED) is 0.391. The van der Waals surface area contributed by atoms with Crippen LogP contribution in [0, 0.1) is 0 Å². The number of carbonyl (C=O) groups excluding carboxylic acids is 1. The van der Waals surface area contributed by atoms with Crippen LogP contribution in [0.3, 0.4) is 0 Å². The number of rotatable bonds is 5. The summed E-state index contributed by atoms with van der Waals surface area (Å²) < 4.78 is 17.6. The molecular weight excluding hydrogens is 508 g/mol. The summed E-state index contributed by atoms with van der Waals surface area (Å²) in [5.41, 5.74) is 5.64. The number of hydrogen-bond acceptors (Lipinski definition) is 6. The smallest absolute Gasteiger partial charge is 0.203 e. The van der Waals surface area contributed by atoms with E-state index < -0.39 is 0 Å². The van der Waals surface area contributed by atoms with Gasteiger partial charge in [0.05, 0.1) is 38.7 Å². The molecule has 1 heterocycles. The number of carbonyl (C=O) groups is 1. The van der Waals surface area contributed by atoms with E-state index in [1.807, 2.05) is 48.5 Å². The topological polar surface area (TPSA) is 68.8 Å². The first-order valence-electron chi connectivity index (χ1n) is 11.5. The van der Waals surface area contributed by atoms with Crippen LogP contribution in [0.15, 0.2) is 76.4 Å². The second-order valence-corrected chi connectivity index (χ2v) is 9.60. The fraction of sp³-hybridized carbons (Fsp3) is 0.250. The number of Topliss-reactive ketones (excluding diaryl/α,β-unsaturated/α-hetero) is 1. The molecule has 0 unspecified atom stereocenters. The van der Waals surface area contributed by atoms with Crippen LogP contribution in [0.2, 0.25) is 0 Å². The average molecular weight is 535 g/mol. The number of nitrogens with one attached hydrogen (secondary N) is 2. The zero-order valence-corrected chi connectivity index (χ0v) is 21.4. The summed E-state index contributed by atoms with van der Waals surface area (Å²) in [6.07, 6.45) is 1.07. The molecule has 3 aromatic carbocycles. The molecule has 2 N–H and O–H groups in total. The number of fused-ring (bicyclic) bond motifs is 1. The first-order chi connectivity index (χ1) is 17.0. The number of benzene rings is 3. The van der Waals surface area contributed by atoms with Crippen LogP contribution >= 0.6 is 15.9 Å². The monoisotopic (exact) mass is 534 g/mol. The SMILES string of the molecule is COc1cc([C@H]2CC(=O)C3=C(C2)Nc2ccccc2N[C@@H]3c2cccc(Br)c2)cc(OC)c1OC. The van der Waals surface area contributed by atoms with Crippen molar-refractivity contribution in [1.82, 2.24) is 0 Å². The molecule has 6 nitrogen and oxygen atoms in total. The minimum atomic E-state index is -0.257. The van der Waals surface area contributed by atoms with Crippen molar-refractivity contribution in [3.63, 3.8) is 0 Å². The normalized spacial score (nSPS) is 19.0. The van der Waals surface area contributed by atoms with Crippen LogP contribution in [0.1, 0.15) is 35.9 Å². The van der Waals surface area contributed by atoms with Gasteiger partial charge in [-0.2, -0.15) is 0 Å². The van der Waals surface area contributed by atoms with Gasteiger partial charge in [-0.25, -0.2) is 0 Å². The Hall–Kier alpha value is -3.45. The standard InChI is InChI=1S/C28H27BrN2O4/c1-33-24-14-18(15-25(34-2)28(24)35-3)17-12-22-26(23(32)13-17)27(16-7-6-8-19(29)11-16)31-21-10-5-4-9-20(21)30-22/h4-11,14-15,17,27,30-31H,12-13H2,1-3H3/t17-,27-/m1/s1. The van der Waals surface area contributed by atoms with Gasteiger partial charge in [0, 0.05) is 22.2 Å². The van der Waals surface area contributed by atoms with Gasteiger partial charge in [-0.1, -0.05) is 40.2 Å². The molecule has 0 saturated carbocycles. The molecular formula is C28H27BrN2O4. The number of anilines is 2. The molecule has 0 amide bonds. The van der Waals surface area contributed by atoms with Gasteiger partial charge < -0.3 is 24.8 Å². The molecule has 0 spiro atoms. The fourth-order valence-corrected chi connectivity index (χ4v) is 5.42. The van der Waals surface area contributed by atoms with Crippen molar-refractivity contribution in [2.24, 2.45) is 0 Å². The van der Waals surface area contributed by atoms with Crippen molar-refractivity contribution in [2.75, 3.05) is 32.0 Å². The highest BCUT2D eigenvalue weighted by molar-refractivity contribution is 9.10. The molecule has 3 aromatic rings. The third-order valence-electron chi connectivity index (χ3n) is 6.65. The Bertz CT molecular complexity index is 1290. The Morgan fingerprint density at radius 3 is 2.20 bits per heavy atom. The van der Waals surface area contributed by atoms with Gasteiger partial charge in [-0.05, 0) is 59.9 Å². The molecule has 1 aliphatic heterocycles. The van der Waals surface area contributed by atoms with E-state index in [9.17, 15) is 4.79 Å². The summed E-state index contributed by atoms with van der Waals surface area (Å²) in [5.74, 6) is 1.80. The maximum Gasteiger partial charge on any atom is 0.203 e. The predicted molar refractivity (Wildman–Crippen MR) is 141 cm³/mol. The lowest BCUT2D eigenvalue weighted by Gasteiger charge is -2.30. The van der Waals surface area contributed by atoms with E-state index in [4.69, 9.17) is 14.2 Å². The van der Waals surface area contributed by atoms with Crippen LogP contribution in [0.4, 0.5) is 11.4 Å². The van der Waals surface area contributed by atoms with Gasteiger partial charge in [-0.3, -0.25) is 4.79 Å². The number of halogens is 1. The van der Waals surface area contributed by atoms with Gasteiger partial charge in [0.1, 0.15) is 0 Å². The lowest BCUT2D eigenvalue weighted by molar-refractivity contribution is -0.116. The highest BCUT2D eigenvalue weighted by Crippen LogP contribution is 2.47. The molecule has 0 radical (unpaired) electrons. The Balaban J connectivity index is 1.60. The highest BCUT2D eigenvalue weighted by atomic mass is 79.9. The number of ketones is 1. The summed E-state index contributed by atoms with van der Waals surface area (Å²) in [6.45, 7) is 0. The Morgan fingerprint density at radius 1 is 0.829 bits per heavy atom. The lowest BCUT2D eigenvalue weighted by Crippen LogP contribution is -2.27. The molecule has 2 atom stereocenters. The van der Waals surface area contributed by atoms with Crippen molar-refractivity contribution < 1.29 is 19.0 Å². The molecule has 0 aromatic heterocycles. The largest absolute Gasteiger partial charge is 0.493 e. The second kappa shape index (κ2) is 9.66. The maximum absolute atomic E-state index is 13.8. The fourth-order valence-electron chi connectivity index (χ4n) is 5.00. The van der Waals surface area contributed by atoms with Crippen molar-refractivity contribution in [2.45, 2.75) is 24.8 Å². The van der Waals surface area contributed by atoms with E-state index in [1.54, 1.807) is 21.3 Å². The van der Waals surface area contributed by atoms with Gasteiger partial charge in [0.25, 0.3) is 0 Å². The van der Waals surface area contributed by atoms with E-state index in [-0.39, 0.29) is 17.7 Å². The van der Waals surface area contributed by atoms with Crippen molar-refractivity contribution in [3.05, 3.63) is 87.5 Å². The molecule has 35 heavy (non-hydrogen) atoms. The second-order valence-electron chi connectivity index (χ2n) is 8.68. The third-order valence-corrected chi connectivity index (χ3v) is 7.14. The van der Waals surface area contributed by atoms with Crippen LogP contribution in [0.25, 0.3) is 0 Å². The number of hydrogen-bond donors (Lipinski definition) is 2. The summed E-state index contributed by atoms with van der Waals surface area (Å²) >= 11 is 3.58. The number of para-hydroxylation sites is 2. The zero-order valence-electron chi connectivity index (χ0n) is 19.9. The van der Waals surface area contributed by atoms with Crippen molar-refractivity contribution in [3.8, 4) is 17.2 Å². The summed E-state index contributed by atoms with van der Waals surface area (Å²) in [4.78, 5) is 13.8. The number of allylic oxidation sites excluding steroid dienone is 1. The molecule has 180 valence electrons. The average Bonchev–Trinajstić information content (AvgIpc) is 3.04. The maximum atomic E-state index is 13.8. The summed E-state index contributed by atoms with van der Waals surface area (Å²) in [6, 6.07) is 19.8. The Labute approximate surface area is 213 Å². The molecule has 7 heteroatoms. The Morgan fingerprint density at radius 2 is 1.54 bits per heavy atom. The third kappa shape index (κ3) is 4.36. The predicted octanol–water partition coefficient (Wildman–Crippen LogP) is 6.45. The van der Waals surface area contributed by atoms with E-state index in [1.165, 1.54) is 0 Å². The van der Waals surface area contributed by atoms with Crippen LogP contribution in [-0.2, 0) is 4.79 Å². The first-order valence-corrected chi connectivity index (χ1v) is 12.3. The van der Waals surface area contributed by atoms with Crippen molar-refractivity contribution >= 4 is 33.1 Å². The lowest BCUT2D eigenvalue weighted by atomic mass is 9.78. The molecule has 0 bridgehead atoms. The highest BCUT2D eigenvalue weighted by Gasteiger charge is 2.36. The molecule has 1 aliphatic carbocycles. The summed E-state index contributed by atoms with van der Waals surface area (Å²) in [5, 5.41) is 7.20. The van der Waals surface area contributed by atoms with Crippen LogP contribution < -0.4 is 24.8 Å². The van der Waals surface area contributed by atoms with Gasteiger partial charge >= 0.3 is 0 Å². The minimum absolute atomic E-state index is 0.0316. The summed E-state index contributed by atoms with van der Waals surface area (Å²) in [7, 11) is 4.79. The first kappa shape index (κ1) is 23.3. The van der Waals surface area contributed by atoms with Gasteiger partial charge in [0.2, 0.25) is 5.75 Å². The molecule has 2 aliphatic rings. The van der Waals surface area contributed by atoms with E-state index in [2.05, 4.69) is 38.7 Å². The zero-order chi connectivity index (χ0) is 24.5. The van der Waals surface area contributed by atoms with E-state index >= 15 is 0 Å². The van der Waals surface area contributed by atoms with Crippen LogP contribution in [0.5, 0.6) is 17.2 Å². The van der Waals surface area contributed by atoms with Crippen molar-refractivity contribution in [1.29, 1.82) is 0 Å². The molecule has 0 saturated heterocycles. The molecule has 0 fully saturated rings.